The lowest BCUT2D eigenvalue weighted by Crippen LogP contribution is -2.10. The lowest BCUT2D eigenvalue weighted by Gasteiger charge is -2.06. The number of hydrogen-bond donors (Lipinski definition) is 1. The number of fused-ring (bicyclic) bond motifs is 1. The number of carbonyl (C=O) groups excluding carboxylic acids is 1. The van der Waals surface area contributed by atoms with Crippen LogP contribution in [-0.2, 0) is 16.4 Å². The van der Waals surface area contributed by atoms with Crippen molar-refractivity contribution in [3.8, 4) is 0 Å². The molecule has 0 aliphatic rings. The van der Waals surface area contributed by atoms with E-state index in [-0.39, 0.29) is 0 Å². The Kier molecular flexibility index (Phi) is 3.65. The maximum atomic E-state index is 11.5. The van der Waals surface area contributed by atoms with Crippen molar-refractivity contribution in [1.82, 2.24) is 9.55 Å². The molecule has 1 heterocycles. The number of benzene rings is 2. The first kappa shape index (κ1) is 15.2. The summed E-state index contributed by atoms with van der Waals surface area (Å²) in [4.78, 5) is 15.8. The number of rotatable bonds is 4. The second-order valence-corrected chi connectivity index (χ2v) is 7.37. The molecule has 3 aromatic rings. The molecule has 2 N–H and O–H groups in total. The van der Waals surface area contributed by atoms with Crippen LogP contribution >= 0.6 is 0 Å². The molecule has 0 aliphatic carbocycles. The van der Waals surface area contributed by atoms with Crippen LogP contribution in [0.1, 0.15) is 15.9 Å². The number of aromatic nitrogens is 2. The van der Waals surface area contributed by atoms with Gasteiger partial charge in [-0.15, -0.1) is 0 Å². The molecule has 0 saturated carbocycles. The Morgan fingerprint density at radius 1 is 1.17 bits per heavy atom. The Balaban J connectivity index is 1.91. The maximum absolute atomic E-state index is 11.5. The van der Waals surface area contributed by atoms with Crippen molar-refractivity contribution in [1.29, 1.82) is 0 Å². The van der Waals surface area contributed by atoms with Gasteiger partial charge in [-0.05, 0) is 35.9 Å². The summed E-state index contributed by atoms with van der Waals surface area (Å²) in [5, 5.41) is 0. The Bertz CT molecular complexity index is 989. The van der Waals surface area contributed by atoms with E-state index in [1.165, 1.54) is 6.26 Å². The van der Waals surface area contributed by atoms with Gasteiger partial charge in [-0.1, -0.05) is 12.1 Å². The smallest absolute Gasteiger partial charge is 0.248 e. The Morgan fingerprint density at radius 3 is 2.48 bits per heavy atom. The number of sulfone groups is 1. The first-order chi connectivity index (χ1) is 10.8. The van der Waals surface area contributed by atoms with Crippen LogP contribution in [0, 0.1) is 0 Å². The van der Waals surface area contributed by atoms with Crippen molar-refractivity contribution >= 4 is 26.8 Å². The third-order valence-electron chi connectivity index (χ3n) is 3.61. The van der Waals surface area contributed by atoms with Crippen molar-refractivity contribution in [2.45, 2.75) is 11.4 Å². The number of nitrogens with two attached hydrogens (primary N) is 1. The third kappa shape index (κ3) is 3.09. The molecule has 7 heteroatoms. The second-order valence-electron chi connectivity index (χ2n) is 5.36. The largest absolute Gasteiger partial charge is 0.366 e. The molecule has 0 spiro atoms. The number of primary amides is 1. The van der Waals surface area contributed by atoms with Gasteiger partial charge in [0.25, 0.3) is 0 Å². The Hall–Kier alpha value is -2.67. The minimum atomic E-state index is -3.19. The molecule has 0 radical (unpaired) electrons. The van der Waals surface area contributed by atoms with E-state index in [2.05, 4.69) is 4.98 Å². The fourth-order valence-electron chi connectivity index (χ4n) is 2.38. The minimum Gasteiger partial charge on any atom is -0.366 e. The zero-order valence-corrected chi connectivity index (χ0v) is 13.2. The van der Waals surface area contributed by atoms with Gasteiger partial charge in [0.15, 0.2) is 9.84 Å². The van der Waals surface area contributed by atoms with E-state index in [0.717, 1.165) is 11.1 Å². The van der Waals surface area contributed by atoms with Crippen LogP contribution in [0.4, 0.5) is 0 Å². The van der Waals surface area contributed by atoms with Crippen molar-refractivity contribution in [2.24, 2.45) is 5.73 Å². The second kappa shape index (κ2) is 5.51. The van der Waals surface area contributed by atoms with Crippen LogP contribution in [0.2, 0.25) is 0 Å². The van der Waals surface area contributed by atoms with Crippen molar-refractivity contribution in [3.63, 3.8) is 0 Å². The van der Waals surface area contributed by atoms with E-state index in [0.29, 0.717) is 22.5 Å². The average molecular weight is 329 g/mol. The van der Waals surface area contributed by atoms with Gasteiger partial charge < -0.3 is 10.3 Å². The van der Waals surface area contributed by atoms with E-state index in [1.807, 2.05) is 4.57 Å². The summed E-state index contributed by atoms with van der Waals surface area (Å²) in [6.45, 7) is 0.552. The summed E-state index contributed by atoms with van der Waals surface area (Å²) in [5.74, 6) is -0.488. The molecule has 6 nitrogen and oxygen atoms in total. The fourth-order valence-corrected chi connectivity index (χ4v) is 3.01. The maximum Gasteiger partial charge on any atom is 0.248 e. The molecular weight excluding hydrogens is 314 g/mol. The Morgan fingerprint density at radius 2 is 1.87 bits per heavy atom. The number of amides is 1. The van der Waals surface area contributed by atoms with E-state index in [4.69, 9.17) is 5.73 Å². The summed E-state index contributed by atoms with van der Waals surface area (Å²) < 4.78 is 24.9. The zero-order valence-electron chi connectivity index (χ0n) is 12.4. The van der Waals surface area contributed by atoms with Gasteiger partial charge in [0, 0.05) is 18.4 Å². The van der Waals surface area contributed by atoms with Gasteiger partial charge in [0.2, 0.25) is 5.91 Å². The van der Waals surface area contributed by atoms with E-state index in [9.17, 15) is 13.2 Å². The van der Waals surface area contributed by atoms with Gasteiger partial charge in [0.05, 0.1) is 22.3 Å². The first-order valence-corrected chi connectivity index (χ1v) is 8.77. The highest BCUT2D eigenvalue weighted by molar-refractivity contribution is 7.90. The standard InChI is InChI=1S/C16H15N3O3S/c1-23(21,22)13-5-2-11(3-6-13)9-19-10-18-14-8-12(16(17)20)4-7-15(14)19/h2-8,10H,9H2,1H3,(H2,17,20). The number of imidazole rings is 1. The van der Waals surface area contributed by atoms with Crippen LogP contribution in [0.5, 0.6) is 0 Å². The molecule has 1 amide bonds. The third-order valence-corrected chi connectivity index (χ3v) is 4.74. The van der Waals surface area contributed by atoms with E-state index in [1.54, 1.807) is 48.8 Å². The molecule has 0 atom stereocenters. The van der Waals surface area contributed by atoms with Crippen LogP contribution in [-0.4, -0.2) is 30.1 Å². The molecule has 0 fully saturated rings. The van der Waals surface area contributed by atoms with E-state index < -0.39 is 15.7 Å². The number of hydrogen-bond acceptors (Lipinski definition) is 4. The molecule has 0 unspecified atom stereocenters. The number of nitrogens with zero attached hydrogens (tertiary/aromatic N) is 2. The van der Waals surface area contributed by atoms with Gasteiger partial charge >= 0.3 is 0 Å². The zero-order chi connectivity index (χ0) is 16.6. The lowest BCUT2D eigenvalue weighted by molar-refractivity contribution is 0.100. The highest BCUT2D eigenvalue weighted by atomic mass is 32.2. The van der Waals surface area contributed by atoms with Crippen LogP contribution in [0.15, 0.2) is 53.7 Å². The molecule has 0 aliphatic heterocycles. The summed E-state index contributed by atoms with van der Waals surface area (Å²) in [6.07, 6.45) is 2.86. The molecule has 2 aromatic carbocycles. The van der Waals surface area contributed by atoms with Crippen molar-refractivity contribution in [3.05, 3.63) is 59.9 Å². The molecule has 1 aromatic heterocycles. The highest BCUT2D eigenvalue weighted by Gasteiger charge is 2.09. The van der Waals surface area contributed by atoms with Crippen LogP contribution in [0.25, 0.3) is 11.0 Å². The Labute approximate surface area is 133 Å². The SMILES string of the molecule is CS(=O)(=O)c1ccc(Cn2cnc3cc(C(N)=O)ccc32)cc1. The lowest BCUT2D eigenvalue weighted by atomic mass is 10.2. The topological polar surface area (TPSA) is 95.1 Å². The van der Waals surface area contributed by atoms with Crippen molar-refractivity contribution in [2.75, 3.05) is 6.26 Å². The predicted molar refractivity (Wildman–Crippen MR) is 86.9 cm³/mol. The van der Waals surface area contributed by atoms with Gasteiger partial charge in [-0.25, -0.2) is 13.4 Å². The molecule has 23 heavy (non-hydrogen) atoms. The van der Waals surface area contributed by atoms with Crippen molar-refractivity contribution < 1.29 is 13.2 Å². The first-order valence-electron chi connectivity index (χ1n) is 6.88. The molecule has 3 rings (SSSR count). The molecule has 118 valence electrons. The van der Waals surface area contributed by atoms with Crippen LogP contribution < -0.4 is 5.73 Å². The van der Waals surface area contributed by atoms with Crippen LogP contribution in [0.3, 0.4) is 0 Å². The summed E-state index contributed by atoms with van der Waals surface area (Å²) >= 11 is 0. The highest BCUT2D eigenvalue weighted by Crippen LogP contribution is 2.17. The van der Waals surface area contributed by atoms with Gasteiger partial charge in [-0.3, -0.25) is 4.79 Å². The minimum absolute atomic E-state index is 0.294. The quantitative estimate of drug-likeness (QED) is 0.786. The molecular formula is C16H15N3O3S. The predicted octanol–water partition coefficient (Wildman–Crippen LogP) is 1.59. The van der Waals surface area contributed by atoms with Gasteiger partial charge in [-0.2, -0.15) is 0 Å². The average Bonchev–Trinajstić information content (AvgIpc) is 2.89. The fraction of sp³-hybridized carbons (Fsp3) is 0.125. The van der Waals surface area contributed by atoms with Gasteiger partial charge in [0.1, 0.15) is 0 Å². The molecule has 0 saturated heterocycles. The summed E-state index contributed by atoms with van der Waals surface area (Å²) in [5.41, 5.74) is 8.20. The normalized spacial score (nSPS) is 11.7. The monoisotopic (exact) mass is 329 g/mol. The van der Waals surface area contributed by atoms with E-state index >= 15 is 0 Å². The molecule has 0 bridgehead atoms. The summed E-state index contributed by atoms with van der Waals surface area (Å²) in [7, 11) is -3.19. The summed E-state index contributed by atoms with van der Waals surface area (Å²) in [6, 6.07) is 11.9. The number of carbonyl (C=O) groups is 1.